The summed E-state index contributed by atoms with van der Waals surface area (Å²) in [5.74, 6) is -1.66. The van der Waals surface area contributed by atoms with Crippen molar-refractivity contribution in [2.45, 2.75) is 229 Å². The Morgan fingerprint density at radius 2 is 0.655 bits per heavy atom. The van der Waals surface area contributed by atoms with Crippen LogP contribution in [0.25, 0.3) is 0 Å². The van der Waals surface area contributed by atoms with Crippen LogP contribution in [0.5, 0.6) is 0 Å². The van der Waals surface area contributed by atoms with E-state index < -0.39 is 273 Å². The number of hydrogen-bond donors (Lipinski definition) is 23. The summed E-state index contributed by atoms with van der Waals surface area (Å²) in [7, 11) is 0. The smallest absolute Gasteiger partial charge is 0.217 e. The third-order valence-corrected chi connectivity index (χ3v) is 15.3. The molecule has 0 aromatic rings. The van der Waals surface area contributed by atoms with Crippen LogP contribution >= 0.6 is 0 Å². The van der Waals surface area contributed by atoms with E-state index in [2.05, 4.69) is 10.6 Å². The number of amides is 2. The number of carbonyl (C=O) groups is 2. The van der Waals surface area contributed by atoms with Crippen molar-refractivity contribution in [3.05, 3.63) is 0 Å². The molecular weight excluding hydrogens is 1160 g/mol. The molecule has 0 aromatic heterocycles. The predicted molar refractivity (Wildman–Crippen MR) is 255 cm³/mol. The molecule has 2 amide bonds. The lowest BCUT2D eigenvalue weighted by Gasteiger charge is -2.50. The minimum absolute atomic E-state index is 0.758. The number of aliphatic hydroxyl groups excluding tert-OH is 21. The summed E-state index contributed by atoms with van der Waals surface area (Å²) in [6, 6.07) is -3.45. The van der Waals surface area contributed by atoms with Crippen LogP contribution in [0.3, 0.4) is 0 Å². The molecule has 7 rings (SSSR count). The molecule has 0 radical (unpaired) electrons. The molecule has 7 saturated heterocycles. The average Bonchev–Trinajstić information content (AvgIpc) is 2.95. The average molecular weight is 1240 g/mol. The summed E-state index contributed by atoms with van der Waals surface area (Å²) < 4.78 is 74.8. The molecule has 0 aromatic carbocycles. The van der Waals surface area contributed by atoms with E-state index in [0.29, 0.717) is 0 Å². The maximum atomic E-state index is 12.9. The molecule has 38 heteroatoms. The van der Waals surface area contributed by atoms with Gasteiger partial charge in [0.15, 0.2) is 44.0 Å². The Hall–Kier alpha value is -2.42. The van der Waals surface area contributed by atoms with E-state index in [1.165, 1.54) is 0 Å². The molecule has 7 fully saturated rings. The maximum Gasteiger partial charge on any atom is 0.217 e. The van der Waals surface area contributed by atoms with Gasteiger partial charge in [-0.3, -0.25) is 9.59 Å². The zero-order chi connectivity index (χ0) is 61.9. The third kappa shape index (κ3) is 14.9. The summed E-state index contributed by atoms with van der Waals surface area (Å²) in [6.45, 7) is -4.85. The number of ether oxygens (including phenoxy) is 13. The Bertz CT molecular complexity index is 2060. The quantitative estimate of drug-likeness (QED) is 0.0507. The monoisotopic (exact) mass is 1230 g/mol. The van der Waals surface area contributed by atoms with Gasteiger partial charge in [0.25, 0.3) is 0 Å². The van der Waals surface area contributed by atoms with Crippen LogP contribution in [0.1, 0.15) is 13.8 Å². The van der Waals surface area contributed by atoms with E-state index in [0.717, 1.165) is 13.8 Å². The largest absolute Gasteiger partial charge is 0.394 e. The SMILES string of the molecule is CC(=O)N[C@@H]1[C@@H](O)[C@H](O[C@@H]2O[C@H](CO)[C@@H](O)[C@H](O[C@@H]3O[C@H](CO[C@H]4O[C@H](CO[C@H]5O[C@H](CO)[C@@H](O)[C@H](O)[C@@H]5O)[C@@H](O)[C@H](O)[C@@H]4O[C@H]4O[C@H](CO)[C@@H](O)[C@H](O)[C@@H]4O)[C@@H](O)[C@H](O[C@H]4O[C@H](CO)[C@@H](O)[C@H](O)[C@@H]4O)[C@@H]3O)[C@H]2NC(C)=O)[C@@H](CO)O[C@H]1O. The van der Waals surface area contributed by atoms with Crippen molar-refractivity contribution in [1.29, 1.82) is 0 Å². The highest BCUT2D eigenvalue weighted by Crippen LogP contribution is 2.37. The molecule has 0 aliphatic carbocycles. The van der Waals surface area contributed by atoms with Gasteiger partial charge >= 0.3 is 0 Å². The molecule has 0 spiro atoms. The second-order valence-corrected chi connectivity index (χ2v) is 21.1. The van der Waals surface area contributed by atoms with E-state index in [9.17, 15) is 117 Å². The van der Waals surface area contributed by atoms with Gasteiger partial charge in [0, 0.05) is 13.8 Å². The first-order valence-corrected chi connectivity index (χ1v) is 26.6. The highest BCUT2D eigenvalue weighted by Gasteiger charge is 2.58. The topological polar surface area (TPSA) is 603 Å². The van der Waals surface area contributed by atoms with Crippen LogP contribution in [0.2, 0.25) is 0 Å². The van der Waals surface area contributed by atoms with Gasteiger partial charge in [-0.15, -0.1) is 0 Å². The molecule has 0 bridgehead atoms. The van der Waals surface area contributed by atoms with Crippen molar-refractivity contribution >= 4 is 11.8 Å². The lowest BCUT2D eigenvalue weighted by atomic mass is 9.93. The number of aliphatic hydroxyl groups is 21. The lowest BCUT2D eigenvalue weighted by Crippen LogP contribution is -2.71. The van der Waals surface area contributed by atoms with Crippen LogP contribution in [-0.2, 0) is 71.2 Å². The zero-order valence-corrected chi connectivity index (χ0v) is 44.7. The summed E-state index contributed by atoms with van der Waals surface area (Å²) >= 11 is 0. The fourth-order valence-corrected chi connectivity index (χ4v) is 10.6. The molecule has 7 heterocycles. The van der Waals surface area contributed by atoms with E-state index in [1.807, 2.05) is 0 Å². The number of nitrogens with one attached hydrogen (secondary N) is 2. The van der Waals surface area contributed by atoms with Crippen LogP contribution in [0.15, 0.2) is 0 Å². The molecule has 0 unspecified atom stereocenters. The Kier molecular flexibility index (Phi) is 24.6. The molecular formula is C46H78N2O36. The molecule has 35 atom stereocenters. The number of hydrogen-bond acceptors (Lipinski definition) is 36. The van der Waals surface area contributed by atoms with Gasteiger partial charge in [-0.05, 0) is 0 Å². The first-order chi connectivity index (χ1) is 39.7. The summed E-state index contributed by atoms with van der Waals surface area (Å²) in [5.41, 5.74) is 0. The van der Waals surface area contributed by atoms with Crippen LogP contribution in [-0.4, -0.2) is 380 Å². The summed E-state index contributed by atoms with van der Waals surface area (Å²) in [4.78, 5) is 24.9. The molecule has 7 aliphatic heterocycles. The molecule has 23 N–H and O–H groups in total. The van der Waals surface area contributed by atoms with Crippen LogP contribution in [0.4, 0.5) is 0 Å². The second kappa shape index (κ2) is 29.9. The van der Waals surface area contributed by atoms with Crippen molar-refractivity contribution in [3.8, 4) is 0 Å². The lowest BCUT2D eigenvalue weighted by molar-refractivity contribution is -0.389. The van der Waals surface area contributed by atoms with Crippen molar-refractivity contribution in [2.24, 2.45) is 0 Å². The predicted octanol–water partition coefficient (Wildman–Crippen LogP) is -16.0. The normalized spacial score (nSPS) is 50.3. The third-order valence-electron chi connectivity index (χ3n) is 15.3. The number of carbonyl (C=O) groups excluding carboxylic acids is 2. The first kappa shape index (κ1) is 69.1. The zero-order valence-electron chi connectivity index (χ0n) is 44.7. The molecule has 84 heavy (non-hydrogen) atoms. The van der Waals surface area contributed by atoms with Crippen molar-refractivity contribution in [1.82, 2.24) is 10.6 Å². The standard InChI is InChI=1S/C46H78N2O36/c1-10(54)47-19-27(62)36(16(7-53)74-40(19)71)81-41-20(48-11(2)55)37(25(60)15(6-52)75-41)82-45-35(70)38(83-43-33(68)29(64)22(57)13(4-50)77-43)26(61)18(79-45)9-73-46-39(84-44-34(69)30(65)23(58)14(5-51)78-44)31(66)24(59)17(80-46)8-72-42-32(67)28(63)21(56)12(3-49)76-42/h12-46,49-53,56-71H,3-9H2,1-2H3,(H,47,54)(H,48,55)/t12-,13-,14-,15-,16-,17-,18-,19-,20-,21-,22-,23-,24-,25-,26-,27-,28+,29+,30+,31+,32+,33+,34+,35+,36-,37-,38+,39+,40-,41+,42+,43-,44-,45+,46+/m1/s1. The first-order valence-electron chi connectivity index (χ1n) is 26.6. The van der Waals surface area contributed by atoms with E-state index in [-0.39, 0.29) is 0 Å². The number of rotatable bonds is 21. The van der Waals surface area contributed by atoms with Gasteiger partial charge in [0.2, 0.25) is 11.8 Å². The molecule has 38 nitrogen and oxygen atoms in total. The van der Waals surface area contributed by atoms with Crippen molar-refractivity contribution in [3.63, 3.8) is 0 Å². The van der Waals surface area contributed by atoms with Gasteiger partial charge in [0.1, 0.15) is 171 Å². The summed E-state index contributed by atoms with van der Waals surface area (Å²) in [6.07, 6.45) is -65.7. The second-order valence-electron chi connectivity index (χ2n) is 21.1. The van der Waals surface area contributed by atoms with Gasteiger partial charge in [0.05, 0.1) is 46.2 Å². The van der Waals surface area contributed by atoms with Gasteiger partial charge in [-0.1, -0.05) is 0 Å². The molecule has 488 valence electrons. The maximum absolute atomic E-state index is 12.9. The minimum atomic E-state index is -2.38. The van der Waals surface area contributed by atoms with Gasteiger partial charge in [-0.25, -0.2) is 0 Å². The Morgan fingerprint density at radius 1 is 0.310 bits per heavy atom. The van der Waals surface area contributed by atoms with Gasteiger partial charge < -0.3 is 179 Å². The van der Waals surface area contributed by atoms with E-state index in [1.54, 1.807) is 0 Å². The fraction of sp³-hybridized carbons (Fsp3) is 0.957. The fourth-order valence-electron chi connectivity index (χ4n) is 10.6. The van der Waals surface area contributed by atoms with E-state index in [4.69, 9.17) is 61.6 Å². The van der Waals surface area contributed by atoms with E-state index >= 15 is 0 Å². The van der Waals surface area contributed by atoms with Crippen molar-refractivity contribution < 1.29 is 178 Å². The Labute approximate surface area is 475 Å². The van der Waals surface area contributed by atoms with Crippen LogP contribution < -0.4 is 10.6 Å². The van der Waals surface area contributed by atoms with Gasteiger partial charge in [-0.2, -0.15) is 0 Å². The minimum Gasteiger partial charge on any atom is -0.394 e. The molecule has 7 aliphatic rings. The Morgan fingerprint density at radius 3 is 1.15 bits per heavy atom. The highest BCUT2D eigenvalue weighted by atomic mass is 16.8. The summed E-state index contributed by atoms with van der Waals surface area (Å²) in [5, 5.41) is 231. The van der Waals surface area contributed by atoms with Crippen LogP contribution in [0, 0.1) is 0 Å². The molecule has 0 saturated carbocycles. The van der Waals surface area contributed by atoms with Crippen molar-refractivity contribution in [2.75, 3.05) is 46.2 Å². The highest BCUT2D eigenvalue weighted by molar-refractivity contribution is 5.73. The Balaban J connectivity index is 1.21.